The first kappa shape index (κ1) is 33.0. The Hall–Kier alpha value is -2.92. The summed E-state index contributed by atoms with van der Waals surface area (Å²) in [7, 11) is 0. The maximum Gasteiger partial charge on any atom is 0.412 e. The van der Waals surface area contributed by atoms with Gasteiger partial charge < -0.3 is 4.74 Å². The third-order valence-corrected chi connectivity index (χ3v) is 8.00. The van der Waals surface area contributed by atoms with E-state index in [9.17, 15) is 26.3 Å². The average molecular weight is 659 g/mol. The van der Waals surface area contributed by atoms with Crippen LogP contribution in [-0.2, 0) is 12.8 Å². The number of ether oxygens (including phenoxy) is 1. The van der Waals surface area contributed by atoms with Crippen LogP contribution < -0.4 is 4.74 Å². The Balaban J connectivity index is 1.95. The van der Waals surface area contributed by atoms with Crippen molar-refractivity contribution in [3.63, 3.8) is 0 Å². The fourth-order valence-corrected chi connectivity index (χ4v) is 5.81. The van der Waals surface area contributed by atoms with Gasteiger partial charge in [-0.3, -0.25) is 0 Å². The number of alkyl halides is 6. The van der Waals surface area contributed by atoms with Gasteiger partial charge in [-0.05, 0) is 61.8 Å². The van der Waals surface area contributed by atoms with Gasteiger partial charge in [-0.15, -0.1) is 0 Å². The van der Waals surface area contributed by atoms with E-state index in [0.717, 1.165) is 0 Å². The predicted octanol–water partition coefficient (Wildman–Crippen LogP) is 11.8. The molecule has 1 nitrogen and oxygen atoms in total. The van der Waals surface area contributed by atoms with Crippen LogP contribution in [0.3, 0.4) is 0 Å². The summed E-state index contributed by atoms with van der Waals surface area (Å²) < 4.78 is 149. The molecular weight excluding hydrogens is 637 g/mol. The van der Waals surface area contributed by atoms with E-state index in [2.05, 4.69) is 0 Å². The van der Waals surface area contributed by atoms with Crippen molar-refractivity contribution in [2.45, 2.75) is 64.7 Å². The Morgan fingerprint density at radius 3 is 1.28 bits per heavy atom. The van der Waals surface area contributed by atoms with Crippen molar-refractivity contribution >= 4 is 34.3 Å². The van der Waals surface area contributed by atoms with E-state index >= 15 is 17.6 Å². The Morgan fingerprint density at radius 1 is 0.628 bits per heavy atom. The van der Waals surface area contributed by atoms with E-state index in [4.69, 9.17) is 27.9 Å². The summed E-state index contributed by atoms with van der Waals surface area (Å²) in [5.41, 5.74) is -4.83. The van der Waals surface area contributed by atoms with Crippen molar-refractivity contribution in [2.24, 2.45) is 0 Å². The molecule has 0 unspecified atom stereocenters. The lowest BCUT2D eigenvalue weighted by Gasteiger charge is -2.23. The van der Waals surface area contributed by atoms with Crippen LogP contribution in [0.2, 0.25) is 10.0 Å². The van der Waals surface area contributed by atoms with Gasteiger partial charge in [0.05, 0.1) is 10.0 Å². The molecule has 0 aromatic heterocycles. The van der Waals surface area contributed by atoms with Crippen LogP contribution in [0.5, 0.6) is 11.5 Å². The summed E-state index contributed by atoms with van der Waals surface area (Å²) >= 11 is 12.5. The van der Waals surface area contributed by atoms with E-state index in [-0.39, 0.29) is 36.8 Å². The lowest BCUT2D eigenvalue weighted by Crippen LogP contribution is -2.14. The van der Waals surface area contributed by atoms with E-state index in [1.807, 2.05) is 0 Å². The minimum Gasteiger partial charge on any atom is -0.445 e. The van der Waals surface area contributed by atoms with Gasteiger partial charge in [0.1, 0.15) is 0 Å². The zero-order chi connectivity index (χ0) is 32.0. The molecule has 13 heteroatoms. The SMILES string of the molecule is CCc1c(F)c(Oc2c(F)c(CC)c(Cl)c(C3=CCCC(C(F)(F)F)=C3)c2F)c(F)c(C2=CCCC(C(F)(F)F)=C2)c1Cl. The summed E-state index contributed by atoms with van der Waals surface area (Å²) in [5, 5.41) is -1.11. The predicted molar refractivity (Wildman–Crippen MR) is 144 cm³/mol. The molecule has 2 aliphatic rings. The summed E-state index contributed by atoms with van der Waals surface area (Å²) in [6.45, 7) is 2.80. The van der Waals surface area contributed by atoms with Gasteiger partial charge in [0.2, 0.25) is 0 Å². The van der Waals surface area contributed by atoms with Gasteiger partial charge in [-0.2, -0.15) is 26.3 Å². The first-order valence-corrected chi connectivity index (χ1v) is 13.8. The molecule has 232 valence electrons. The van der Waals surface area contributed by atoms with Crippen molar-refractivity contribution in [3.05, 3.63) is 91.0 Å². The second kappa shape index (κ2) is 12.2. The van der Waals surface area contributed by atoms with Crippen LogP contribution in [0.4, 0.5) is 43.9 Å². The van der Waals surface area contributed by atoms with Gasteiger partial charge in [0.15, 0.2) is 34.8 Å². The minimum atomic E-state index is -4.74. The monoisotopic (exact) mass is 658 g/mol. The smallest absolute Gasteiger partial charge is 0.412 e. The molecule has 0 heterocycles. The molecule has 0 saturated heterocycles. The van der Waals surface area contributed by atoms with E-state index in [1.54, 1.807) is 0 Å². The third-order valence-electron chi connectivity index (χ3n) is 7.17. The van der Waals surface area contributed by atoms with Crippen LogP contribution in [0.15, 0.2) is 35.5 Å². The fraction of sp³-hybridized carbons (Fsp3) is 0.333. The number of allylic oxidation sites excluding steroid dienone is 8. The van der Waals surface area contributed by atoms with Gasteiger partial charge >= 0.3 is 12.4 Å². The lowest BCUT2D eigenvalue weighted by atomic mass is 9.91. The van der Waals surface area contributed by atoms with E-state index in [1.165, 1.54) is 26.0 Å². The Morgan fingerprint density at radius 2 is 0.977 bits per heavy atom. The zero-order valence-electron chi connectivity index (χ0n) is 22.5. The first-order valence-electron chi connectivity index (χ1n) is 13.1. The number of halogens is 12. The fourth-order valence-electron chi connectivity index (χ4n) is 4.99. The third kappa shape index (κ3) is 6.20. The molecule has 0 saturated carbocycles. The molecular formula is C30H22Cl2F10O. The quantitative estimate of drug-likeness (QED) is 0.281. The van der Waals surface area contributed by atoms with Gasteiger partial charge in [0.25, 0.3) is 0 Å². The maximum atomic E-state index is 15.9. The largest absolute Gasteiger partial charge is 0.445 e. The van der Waals surface area contributed by atoms with Crippen molar-refractivity contribution in [2.75, 3.05) is 0 Å². The molecule has 2 aliphatic carbocycles. The van der Waals surface area contributed by atoms with Crippen molar-refractivity contribution in [3.8, 4) is 11.5 Å². The molecule has 0 fully saturated rings. The molecule has 2 aromatic carbocycles. The Kier molecular flexibility index (Phi) is 9.38. The molecule has 0 atom stereocenters. The second-order valence-corrected chi connectivity index (χ2v) is 10.5. The number of hydrogen-bond acceptors (Lipinski definition) is 1. The standard InChI is InChI=1S/C30H22Cl2F10O/c1-3-17-21(31)19(13-7-5-9-15(11-13)29(37,38)39)25(35)27(23(17)33)43-28-24(34)18(4-2)22(32)20(26(28)36)14-8-6-10-16(12-14)30(40,41)42/h7-8,11-12H,3-6,9-10H2,1-2H3. The maximum absolute atomic E-state index is 15.9. The molecule has 0 aliphatic heterocycles. The molecule has 43 heavy (non-hydrogen) atoms. The van der Waals surface area contributed by atoms with Crippen molar-refractivity contribution in [1.82, 2.24) is 0 Å². The molecule has 0 spiro atoms. The van der Waals surface area contributed by atoms with Gasteiger partial charge in [-0.1, -0.05) is 49.2 Å². The van der Waals surface area contributed by atoms with Crippen LogP contribution in [0.1, 0.15) is 61.8 Å². The molecule has 0 radical (unpaired) electrons. The van der Waals surface area contributed by atoms with Crippen molar-refractivity contribution in [1.29, 1.82) is 0 Å². The second-order valence-electron chi connectivity index (χ2n) is 9.79. The molecule has 0 amide bonds. The normalized spacial score (nSPS) is 16.0. The van der Waals surface area contributed by atoms with Crippen molar-refractivity contribution < 1.29 is 48.6 Å². The summed E-state index contributed by atoms with van der Waals surface area (Å²) in [6.07, 6.45) is -7.25. The molecule has 2 aromatic rings. The van der Waals surface area contributed by atoms with Crippen LogP contribution in [0.25, 0.3) is 11.1 Å². The first-order chi connectivity index (χ1) is 20.0. The Labute approximate surface area is 250 Å². The molecule has 4 rings (SSSR count). The minimum absolute atomic E-state index is 0.155. The number of rotatable bonds is 6. The van der Waals surface area contributed by atoms with Gasteiger partial charge in [-0.25, -0.2) is 17.6 Å². The highest BCUT2D eigenvalue weighted by Crippen LogP contribution is 2.47. The highest BCUT2D eigenvalue weighted by atomic mass is 35.5. The van der Waals surface area contributed by atoms with Crippen LogP contribution in [-0.4, -0.2) is 12.4 Å². The average Bonchev–Trinajstić information content (AvgIpc) is 2.92. The number of hydrogen-bond donors (Lipinski definition) is 0. The topological polar surface area (TPSA) is 9.23 Å². The number of benzene rings is 2. The van der Waals surface area contributed by atoms with E-state index < -0.39 is 103 Å². The summed E-state index contributed by atoms with van der Waals surface area (Å²) in [4.78, 5) is 0. The highest BCUT2D eigenvalue weighted by molar-refractivity contribution is 6.34. The zero-order valence-corrected chi connectivity index (χ0v) is 24.0. The Bertz CT molecular complexity index is 1480. The molecule has 0 N–H and O–H groups in total. The molecule has 0 bridgehead atoms. The summed E-state index contributed by atoms with van der Waals surface area (Å²) in [6, 6.07) is 0. The van der Waals surface area contributed by atoms with Crippen LogP contribution >= 0.6 is 23.2 Å². The highest BCUT2D eigenvalue weighted by Gasteiger charge is 2.37. The van der Waals surface area contributed by atoms with Gasteiger partial charge in [0, 0.05) is 33.4 Å². The summed E-state index contributed by atoms with van der Waals surface area (Å²) in [5.74, 6) is -8.90. The van der Waals surface area contributed by atoms with E-state index in [0.29, 0.717) is 12.2 Å². The van der Waals surface area contributed by atoms with Crippen LogP contribution in [0, 0.1) is 23.3 Å². The lowest BCUT2D eigenvalue weighted by molar-refractivity contribution is -0.0948.